The van der Waals surface area contributed by atoms with E-state index in [-0.39, 0.29) is 11.5 Å². The van der Waals surface area contributed by atoms with Gasteiger partial charge in [0.1, 0.15) is 0 Å². The minimum atomic E-state index is -0.0687. The van der Waals surface area contributed by atoms with Crippen LogP contribution in [0.15, 0.2) is 29.3 Å². The second kappa shape index (κ2) is 9.09. The number of aryl methyl sites for hydroxylation is 1. The molecule has 8 heteroatoms. The van der Waals surface area contributed by atoms with Gasteiger partial charge in [-0.05, 0) is 56.5 Å². The van der Waals surface area contributed by atoms with E-state index in [1.807, 2.05) is 25.4 Å². The van der Waals surface area contributed by atoms with Crippen LogP contribution in [0.3, 0.4) is 0 Å². The summed E-state index contributed by atoms with van der Waals surface area (Å²) in [7, 11) is 0. The summed E-state index contributed by atoms with van der Waals surface area (Å²) in [6.07, 6.45) is 7.87. The molecule has 3 aromatic heterocycles. The van der Waals surface area contributed by atoms with Crippen LogP contribution >= 0.6 is 0 Å². The van der Waals surface area contributed by atoms with Crippen molar-refractivity contribution in [3.05, 3.63) is 63.0 Å². The molecule has 0 spiro atoms. The number of H-pyrrole nitrogens is 1. The van der Waals surface area contributed by atoms with Gasteiger partial charge in [0.15, 0.2) is 5.65 Å². The van der Waals surface area contributed by atoms with E-state index in [1.54, 1.807) is 9.42 Å². The molecule has 33 heavy (non-hydrogen) atoms. The van der Waals surface area contributed by atoms with Crippen molar-refractivity contribution in [1.29, 1.82) is 0 Å². The highest BCUT2D eigenvalue weighted by Crippen LogP contribution is 2.29. The minimum absolute atomic E-state index is 0.0687. The SMILES string of the molecule is CCCC(=O)N1CCc2nc3cc(C4CCN(Cc5ccncc5C)CC4)[nH]n3c(=O)c2C1. The molecule has 0 unspecified atom stereocenters. The molecular formula is C25H32N6O2. The summed E-state index contributed by atoms with van der Waals surface area (Å²) in [4.78, 5) is 38.8. The second-order valence-corrected chi connectivity index (χ2v) is 9.42. The topological polar surface area (TPSA) is 86.6 Å². The third-order valence-electron chi connectivity index (χ3n) is 7.16. The number of amides is 1. The van der Waals surface area contributed by atoms with E-state index in [9.17, 15) is 9.59 Å². The van der Waals surface area contributed by atoms with Crippen LogP contribution in [0.4, 0.5) is 0 Å². The van der Waals surface area contributed by atoms with Gasteiger partial charge in [0.2, 0.25) is 5.91 Å². The van der Waals surface area contributed by atoms with Crippen molar-refractivity contribution in [1.82, 2.24) is 29.4 Å². The molecule has 0 atom stereocenters. The fourth-order valence-corrected chi connectivity index (χ4v) is 5.12. The van der Waals surface area contributed by atoms with E-state index in [0.717, 1.165) is 50.3 Å². The maximum absolute atomic E-state index is 13.2. The Kier molecular flexibility index (Phi) is 6.01. The zero-order valence-corrected chi connectivity index (χ0v) is 19.5. The first kappa shape index (κ1) is 21.8. The van der Waals surface area contributed by atoms with Crippen molar-refractivity contribution < 1.29 is 4.79 Å². The molecule has 0 bridgehead atoms. The summed E-state index contributed by atoms with van der Waals surface area (Å²) in [5.74, 6) is 0.508. The molecule has 174 valence electrons. The van der Waals surface area contributed by atoms with E-state index in [0.29, 0.717) is 43.1 Å². The number of nitrogens with zero attached hydrogens (tertiary/aromatic N) is 5. The highest BCUT2D eigenvalue weighted by Gasteiger charge is 2.27. The lowest BCUT2D eigenvalue weighted by atomic mass is 9.93. The molecule has 3 aromatic rings. The maximum atomic E-state index is 13.2. The second-order valence-electron chi connectivity index (χ2n) is 9.42. The maximum Gasteiger partial charge on any atom is 0.277 e. The zero-order valence-electron chi connectivity index (χ0n) is 19.5. The minimum Gasteiger partial charge on any atom is -0.338 e. The summed E-state index contributed by atoms with van der Waals surface area (Å²) in [6.45, 7) is 8.12. The summed E-state index contributed by atoms with van der Waals surface area (Å²) in [5.41, 5.74) is 5.77. The average molecular weight is 449 g/mol. The van der Waals surface area contributed by atoms with Crippen molar-refractivity contribution in [3.8, 4) is 0 Å². The molecule has 1 fully saturated rings. The number of fused-ring (bicyclic) bond motifs is 2. The third kappa shape index (κ3) is 4.31. The van der Waals surface area contributed by atoms with E-state index in [4.69, 9.17) is 4.98 Å². The first-order valence-corrected chi connectivity index (χ1v) is 12.1. The van der Waals surface area contributed by atoms with Crippen molar-refractivity contribution in [2.45, 2.75) is 65.0 Å². The summed E-state index contributed by atoms with van der Waals surface area (Å²) in [6, 6.07) is 4.15. The van der Waals surface area contributed by atoms with E-state index < -0.39 is 0 Å². The third-order valence-corrected chi connectivity index (χ3v) is 7.16. The number of carbonyl (C=O) groups is 1. The van der Waals surface area contributed by atoms with Crippen molar-refractivity contribution >= 4 is 11.6 Å². The molecule has 1 saturated heterocycles. The van der Waals surface area contributed by atoms with Crippen LogP contribution in [-0.4, -0.2) is 54.9 Å². The Labute approximate surface area is 193 Å². The molecule has 0 aliphatic carbocycles. The first-order valence-electron chi connectivity index (χ1n) is 12.1. The molecule has 8 nitrogen and oxygen atoms in total. The van der Waals surface area contributed by atoms with Crippen LogP contribution in [0.2, 0.25) is 0 Å². The molecular weight excluding hydrogens is 416 g/mol. The van der Waals surface area contributed by atoms with Crippen LogP contribution in [0.5, 0.6) is 0 Å². The molecule has 0 aromatic carbocycles. The van der Waals surface area contributed by atoms with E-state index >= 15 is 0 Å². The summed E-state index contributed by atoms with van der Waals surface area (Å²) >= 11 is 0. The number of carbonyl (C=O) groups excluding carboxylic acids is 1. The lowest BCUT2D eigenvalue weighted by Gasteiger charge is -2.31. The Morgan fingerprint density at radius 2 is 2.06 bits per heavy atom. The van der Waals surface area contributed by atoms with Crippen LogP contribution in [-0.2, 0) is 24.3 Å². The molecule has 5 heterocycles. The Morgan fingerprint density at radius 1 is 1.24 bits per heavy atom. The highest BCUT2D eigenvalue weighted by atomic mass is 16.2. The number of pyridine rings is 1. The molecule has 2 aliphatic rings. The molecule has 0 radical (unpaired) electrons. The Balaban J connectivity index is 1.31. The number of likely N-dealkylation sites (tertiary alicyclic amines) is 1. The summed E-state index contributed by atoms with van der Waals surface area (Å²) in [5, 5.41) is 3.34. The monoisotopic (exact) mass is 448 g/mol. The largest absolute Gasteiger partial charge is 0.338 e. The Bertz CT molecular complexity index is 1220. The fraction of sp³-hybridized carbons (Fsp3) is 0.520. The normalized spacial score (nSPS) is 17.5. The van der Waals surface area contributed by atoms with Gasteiger partial charge in [-0.25, -0.2) is 9.50 Å². The first-order chi connectivity index (χ1) is 16.0. The summed E-state index contributed by atoms with van der Waals surface area (Å²) < 4.78 is 1.58. The van der Waals surface area contributed by atoms with Crippen LogP contribution in [0, 0.1) is 6.92 Å². The number of nitrogens with one attached hydrogen (secondary N) is 1. The number of piperidine rings is 1. The molecule has 1 amide bonds. The van der Waals surface area contributed by atoms with Gasteiger partial charge >= 0.3 is 0 Å². The standard InChI is InChI=1S/C25H32N6O2/c1-3-4-24(32)30-12-8-21-20(16-30)25(33)31-23(27-21)13-22(28-31)18-6-10-29(11-7-18)15-19-5-9-26-14-17(19)2/h5,9,13-14,18,28H,3-4,6-8,10-12,15-16H2,1-2H3. The predicted octanol–water partition coefficient (Wildman–Crippen LogP) is 2.79. The fourth-order valence-electron chi connectivity index (χ4n) is 5.12. The van der Waals surface area contributed by atoms with Crippen LogP contribution < -0.4 is 5.56 Å². The molecule has 2 aliphatic heterocycles. The number of rotatable bonds is 5. The van der Waals surface area contributed by atoms with Crippen molar-refractivity contribution in [2.75, 3.05) is 19.6 Å². The molecule has 1 N–H and O–H groups in total. The Morgan fingerprint density at radius 3 is 2.82 bits per heavy atom. The van der Waals surface area contributed by atoms with E-state index in [1.165, 1.54) is 11.1 Å². The Hall–Kier alpha value is -3.00. The van der Waals surface area contributed by atoms with Crippen molar-refractivity contribution in [3.63, 3.8) is 0 Å². The van der Waals surface area contributed by atoms with Gasteiger partial charge in [-0.3, -0.25) is 24.6 Å². The van der Waals surface area contributed by atoms with Gasteiger partial charge in [0.05, 0.1) is 17.8 Å². The van der Waals surface area contributed by atoms with Gasteiger partial charge in [-0.2, -0.15) is 0 Å². The lowest BCUT2D eigenvalue weighted by Crippen LogP contribution is -2.40. The van der Waals surface area contributed by atoms with Gasteiger partial charge in [-0.15, -0.1) is 0 Å². The van der Waals surface area contributed by atoms with E-state index in [2.05, 4.69) is 28.0 Å². The number of hydrogen-bond acceptors (Lipinski definition) is 5. The van der Waals surface area contributed by atoms with Gasteiger partial charge in [0, 0.05) is 56.0 Å². The molecule has 0 saturated carbocycles. The molecule has 5 rings (SSSR count). The number of aromatic amines is 1. The number of aromatic nitrogens is 4. The number of hydrogen-bond donors (Lipinski definition) is 1. The van der Waals surface area contributed by atoms with Crippen molar-refractivity contribution in [2.24, 2.45) is 0 Å². The predicted molar refractivity (Wildman–Crippen MR) is 126 cm³/mol. The van der Waals surface area contributed by atoms with Gasteiger partial charge in [-0.1, -0.05) is 6.92 Å². The average Bonchev–Trinajstić information content (AvgIpc) is 3.26. The zero-order chi connectivity index (χ0) is 22.9. The van der Waals surface area contributed by atoms with Gasteiger partial charge < -0.3 is 4.90 Å². The van der Waals surface area contributed by atoms with Gasteiger partial charge in [0.25, 0.3) is 5.56 Å². The van der Waals surface area contributed by atoms with Crippen LogP contribution in [0.1, 0.15) is 66.6 Å². The lowest BCUT2D eigenvalue weighted by molar-refractivity contribution is -0.132. The quantitative estimate of drug-likeness (QED) is 0.649. The smallest absolute Gasteiger partial charge is 0.277 e. The highest BCUT2D eigenvalue weighted by molar-refractivity contribution is 5.76. The van der Waals surface area contributed by atoms with Crippen LogP contribution in [0.25, 0.3) is 5.65 Å².